The molecule has 7 atom stereocenters. The van der Waals surface area contributed by atoms with Crippen LogP contribution < -0.4 is 0 Å². The van der Waals surface area contributed by atoms with Crippen LogP contribution in [0.1, 0.15) is 59.3 Å². The van der Waals surface area contributed by atoms with E-state index < -0.39 is 45.8 Å². The lowest BCUT2D eigenvalue weighted by Gasteiger charge is -2.64. The molecule has 4 rings (SSSR count). The van der Waals surface area contributed by atoms with Crippen molar-refractivity contribution in [2.24, 2.45) is 22.7 Å². The zero-order valence-electron chi connectivity index (χ0n) is 18.3. The SMILES string of the molecule is CCC(=O)O[C@]1(C(=O)CO)CC[C@H]2[C@@H]3CCC4=CC(=O)C=C[C@]4(C)[C@@]3(Cl)C(O)C[C@@]21C. The molecule has 0 aliphatic heterocycles. The molecule has 7 heteroatoms. The van der Waals surface area contributed by atoms with Gasteiger partial charge in [-0.1, -0.05) is 32.4 Å². The molecule has 0 heterocycles. The Morgan fingerprint density at radius 2 is 1.97 bits per heavy atom. The number of carbonyl (C=O) groups is 3. The molecule has 4 aliphatic rings. The van der Waals surface area contributed by atoms with Crippen LogP contribution in [0.25, 0.3) is 0 Å². The van der Waals surface area contributed by atoms with Crippen LogP contribution in [-0.2, 0) is 19.1 Å². The number of carbonyl (C=O) groups excluding carboxylic acids is 3. The molecular formula is C24H31ClO6. The molecule has 0 amide bonds. The van der Waals surface area contributed by atoms with Gasteiger partial charge in [-0.15, -0.1) is 11.6 Å². The number of Topliss-reactive ketones (excluding diaryl/α,β-unsaturated/α-hetero) is 1. The minimum atomic E-state index is -1.46. The minimum Gasteiger partial charge on any atom is -0.450 e. The van der Waals surface area contributed by atoms with Crippen molar-refractivity contribution in [3.63, 3.8) is 0 Å². The molecule has 6 nitrogen and oxygen atoms in total. The van der Waals surface area contributed by atoms with Gasteiger partial charge in [0.05, 0.1) is 11.0 Å². The molecule has 4 aliphatic carbocycles. The van der Waals surface area contributed by atoms with Crippen LogP contribution in [0.15, 0.2) is 23.8 Å². The first kappa shape index (κ1) is 22.7. The Bertz CT molecular complexity index is 895. The zero-order valence-corrected chi connectivity index (χ0v) is 19.1. The summed E-state index contributed by atoms with van der Waals surface area (Å²) >= 11 is 7.36. The summed E-state index contributed by atoms with van der Waals surface area (Å²) in [4.78, 5) is 36.3. The Labute approximate surface area is 187 Å². The summed E-state index contributed by atoms with van der Waals surface area (Å²) in [6.07, 6.45) is 6.57. The number of aliphatic hydroxyl groups is 2. The molecule has 0 saturated heterocycles. The fourth-order valence-corrected chi connectivity index (χ4v) is 7.80. The number of allylic oxidation sites excluding steroid dienone is 4. The van der Waals surface area contributed by atoms with E-state index in [1.54, 1.807) is 13.0 Å². The first-order chi connectivity index (χ1) is 14.5. The van der Waals surface area contributed by atoms with Gasteiger partial charge in [0.2, 0.25) is 5.78 Å². The number of rotatable bonds is 4. The molecular weight excluding hydrogens is 420 g/mol. The van der Waals surface area contributed by atoms with E-state index in [0.29, 0.717) is 25.7 Å². The van der Waals surface area contributed by atoms with Crippen molar-refractivity contribution >= 4 is 29.1 Å². The molecule has 0 radical (unpaired) electrons. The van der Waals surface area contributed by atoms with Gasteiger partial charge >= 0.3 is 5.97 Å². The lowest BCUT2D eigenvalue weighted by molar-refractivity contribution is -0.197. The average Bonchev–Trinajstić information content (AvgIpc) is 3.01. The van der Waals surface area contributed by atoms with Gasteiger partial charge in [0, 0.05) is 17.3 Å². The van der Waals surface area contributed by atoms with Crippen LogP contribution in [-0.4, -0.2) is 50.9 Å². The summed E-state index contributed by atoms with van der Waals surface area (Å²) < 4.78 is 5.81. The maximum absolute atomic E-state index is 13.0. The third-order valence-corrected chi connectivity index (χ3v) is 9.86. The number of fused-ring (bicyclic) bond motifs is 5. The highest BCUT2D eigenvalue weighted by molar-refractivity contribution is 6.26. The van der Waals surface area contributed by atoms with Crippen molar-refractivity contribution in [2.45, 2.75) is 75.9 Å². The molecule has 3 fully saturated rings. The van der Waals surface area contributed by atoms with Crippen molar-refractivity contribution in [2.75, 3.05) is 6.61 Å². The van der Waals surface area contributed by atoms with E-state index >= 15 is 0 Å². The van der Waals surface area contributed by atoms with E-state index in [2.05, 4.69) is 0 Å². The van der Waals surface area contributed by atoms with Crippen LogP contribution in [0.3, 0.4) is 0 Å². The highest BCUT2D eigenvalue weighted by atomic mass is 35.5. The average molecular weight is 451 g/mol. The summed E-state index contributed by atoms with van der Waals surface area (Å²) in [6, 6.07) is 0. The number of esters is 1. The first-order valence-electron chi connectivity index (χ1n) is 11.2. The summed E-state index contributed by atoms with van der Waals surface area (Å²) in [5.41, 5.74) is -2.06. The fraction of sp³-hybridized carbons (Fsp3) is 0.708. The number of halogens is 1. The standard InChI is InChI=1S/C24H31ClO6/c1-4-20(30)31-23(19(29)13-26)10-8-16-17-6-5-14-11-15(27)7-9-21(14,2)24(17,25)18(28)12-22(16,23)3/h7,9,11,16-18,26,28H,4-6,8,10,12-13H2,1-3H3/t16-,17-,18?,21-,22-,23-,24-/m0/s1. The van der Waals surface area contributed by atoms with Crippen molar-refractivity contribution in [1.29, 1.82) is 0 Å². The second-order valence-electron chi connectivity index (χ2n) is 10.0. The third kappa shape index (κ3) is 2.74. The fourth-order valence-electron chi connectivity index (χ4n) is 7.28. The molecule has 3 saturated carbocycles. The van der Waals surface area contributed by atoms with E-state index in [1.807, 2.05) is 19.9 Å². The van der Waals surface area contributed by atoms with E-state index in [-0.39, 0.29) is 30.5 Å². The topological polar surface area (TPSA) is 101 Å². The Kier molecular flexibility index (Phi) is 5.31. The van der Waals surface area contributed by atoms with Gasteiger partial charge < -0.3 is 14.9 Å². The Morgan fingerprint density at radius 1 is 1.26 bits per heavy atom. The first-order valence-corrected chi connectivity index (χ1v) is 11.5. The zero-order chi connectivity index (χ0) is 22.8. The molecule has 31 heavy (non-hydrogen) atoms. The smallest absolute Gasteiger partial charge is 0.306 e. The summed E-state index contributed by atoms with van der Waals surface area (Å²) in [7, 11) is 0. The Hall–Kier alpha value is -1.50. The number of hydrogen-bond donors (Lipinski definition) is 2. The normalized spacial score (nSPS) is 45.9. The lowest BCUT2D eigenvalue weighted by atomic mass is 9.45. The largest absolute Gasteiger partial charge is 0.450 e. The Balaban J connectivity index is 1.81. The number of hydrogen-bond acceptors (Lipinski definition) is 6. The maximum Gasteiger partial charge on any atom is 0.306 e. The van der Waals surface area contributed by atoms with Crippen LogP contribution in [0.5, 0.6) is 0 Å². The predicted octanol–water partition coefficient (Wildman–Crippen LogP) is 2.88. The van der Waals surface area contributed by atoms with Gasteiger partial charge in [-0.25, -0.2) is 0 Å². The summed E-state index contributed by atoms with van der Waals surface area (Å²) in [5, 5.41) is 21.3. The Morgan fingerprint density at radius 3 is 2.61 bits per heavy atom. The second-order valence-corrected chi connectivity index (χ2v) is 10.7. The third-order valence-electron chi connectivity index (χ3n) is 8.93. The van der Waals surface area contributed by atoms with Crippen LogP contribution >= 0.6 is 11.6 Å². The molecule has 0 spiro atoms. The van der Waals surface area contributed by atoms with E-state index in [4.69, 9.17) is 16.3 Å². The molecule has 0 aromatic heterocycles. The van der Waals surface area contributed by atoms with Crippen molar-refractivity contribution in [3.05, 3.63) is 23.8 Å². The van der Waals surface area contributed by atoms with Gasteiger partial charge in [0.25, 0.3) is 0 Å². The number of ketones is 2. The van der Waals surface area contributed by atoms with Gasteiger partial charge in [0.15, 0.2) is 11.4 Å². The van der Waals surface area contributed by atoms with Crippen LogP contribution in [0.2, 0.25) is 0 Å². The molecule has 170 valence electrons. The second kappa shape index (κ2) is 7.26. The van der Waals surface area contributed by atoms with E-state index in [1.165, 1.54) is 6.08 Å². The molecule has 0 bridgehead atoms. The molecule has 2 N–H and O–H groups in total. The van der Waals surface area contributed by atoms with Crippen LogP contribution in [0.4, 0.5) is 0 Å². The number of alkyl halides is 1. The van der Waals surface area contributed by atoms with Gasteiger partial charge in [-0.3, -0.25) is 14.4 Å². The van der Waals surface area contributed by atoms with Crippen molar-refractivity contribution in [3.8, 4) is 0 Å². The van der Waals surface area contributed by atoms with E-state index in [9.17, 15) is 24.6 Å². The summed E-state index contributed by atoms with van der Waals surface area (Å²) in [6.45, 7) is 4.82. The molecule has 0 aromatic carbocycles. The number of aliphatic hydroxyl groups excluding tert-OH is 2. The lowest BCUT2D eigenvalue weighted by Crippen LogP contribution is -2.69. The number of ether oxygens (including phenoxy) is 1. The highest BCUT2D eigenvalue weighted by Gasteiger charge is 2.74. The summed E-state index contributed by atoms with van der Waals surface area (Å²) in [5.74, 6) is -1.29. The maximum atomic E-state index is 13.0. The quantitative estimate of drug-likeness (QED) is 0.504. The monoisotopic (exact) mass is 450 g/mol. The minimum absolute atomic E-state index is 0.0683. The van der Waals surface area contributed by atoms with Gasteiger partial charge in [-0.2, -0.15) is 0 Å². The molecule has 1 unspecified atom stereocenters. The van der Waals surface area contributed by atoms with Crippen molar-refractivity contribution in [1.82, 2.24) is 0 Å². The van der Waals surface area contributed by atoms with Gasteiger partial charge in [0.1, 0.15) is 6.61 Å². The molecule has 0 aromatic rings. The van der Waals surface area contributed by atoms with E-state index in [0.717, 1.165) is 5.57 Å². The van der Waals surface area contributed by atoms with Gasteiger partial charge in [-0.05, 0) is 56.1 Å². The van der Waals surface area contributed by atoms with Crippen LogP contribution in [0, 0.1) is 22.7 Å². The predicted molar refractivity (Wildman–Crippen MR) is 114 cm³/mol. The van der Waals surface area contributed by atoms with Crippen molar-refractivity contribution < 1.29 is 29.3 Å². The highest BCUT2D eigenvalue weighted by Crippen LogP contribution is 2.71.